The molecule has 1 aliphatic carbocycles. The van der Waals surface area contributed by atoms with Crippen molar-refractivity contribution in [2.75, 3.05) is 6.61 Å². The summed E-state index contributed by atoms with van der Waals surface area (Å²) in [6.07, 6.45) is 3.74. The van der Waals surface area contributed by atoms with Crippen LogP contribution in [0.5, 0.6) is 0 Å². The lowest BCUT2D eigenvalue weighted by Crippen LogP contribution is -2.31. The molecule has 4 nitrogen and oxygen atoms in total. The molecule has 1 heterocycles. The zero-order valence-corrected chi connectivity index (χ0v) is 13.0. The number of ether oxygens (including phenoxy) is 1. The van der Waals surface area contributed by atoms with Crippen molar-refractivity contribution >= 4 is 27.1 Å². The highest BCUT2D eigenvalue weighted by Gasteiger charge is 2.34. The van der Waals surface area contributed by atoms with Crippen molar-refractivity contribution in [2.24, 2.45) is 0 Å². The van der Waals surface area contributed by atoms with Crippen LogP contribution in [0.25, 0.3) is 0 Å². The van der Waals surface area contributed by atoms with E-state index in [0.29, 0.717) is 12.0 Å². The van der Waals surface area contributed by atoms with Crippen molar-refractivity contribution in [3.05, 3.63) is 34.0 Å². The summed E-state index contributed by atoms with van der Waals surface area (Å²) < 4.78 is 30.0. The van der Waals surface area contributed by atoms with Crippen LogP contribution in [0.3, 0.4) is 0 Å². The molecule has 0 saturated carbocycles. The molecule has 1 atom stereocenters. The number of thiophene rings is 1. The standard InChI is InChI=1S/C14H18O4S2/c1-2-18-14(15)12-5-3-4-6-13(12)20(16,17)10-11-7-8-19-9-11/h5,7-9,13H,2-4,6,10H2,1H3. The number of hydrogen-bond acceptors (Lipinski definition) is 5. The van der Waals surface area contributed by atoms with Crippen molar-refractivity contribution in [2.45, 2.75) is 37.2 Å². The predicted octanol–water partition coefficient (Wildman–Crippen LogP) is 2.70. The van der Waals surface area contributed by atoms with Gasteiger partial charge in [0.1, 0.15) is 0 Å². The molecule has 6 heteroatoms. The minimum Gasteiger partial charge on any atom is -0.463 e. The van der Waals surface area contributed by atoms with Gasteiger partial charge in [-0.15, -0.1) is 0 Å². The van der Waals surface area contributed by atoms with Crippen LogP contribution in [0.15, 0.2) is 28.5 Å². The van der Waals surface area contributed by atoms with E-state index in [9.17, 15) is 13.2 Å². The predicted molar refractivity (Wildman–Crippen MR) is 79.3 cm³/mol. The van der Waals surface area contributed by atoms with Gasteiger partial charge in [-0.1, -0.05) is 6.08 Å². The number of rotatable bonds is 5. The number of allylic oxidation sites excluding steroid dienone is 1. The van der Waals surface area contributed by atoms with Gasteiger partial charge in [0, 0.05) is 0 Å². The van der Waals surface area contributed by atoms with Gasteiger partial charge < -0.3 is 4.74 Å². The van der Waals surface area contributed by atoms with E-state index < -0.39 is 21.1 Å². The molecule has 0 amide bonds. The fourth-order valence-electron chi connectivity index (χ4n) is 2.36. The summed E-state index contributed by atoms with van der Waals surface area (Å²) in [5, 5.41) is 2.96. The first kappa shape index (κ1) is 15.3. The third kappa shape index (κ3) is 3.49. The molecule has 1 aromatic rings. The Morgan fingerprint density at radius 3 is 2.95 bits per heavy atom. The third-order valence-electron chi connectivity index (χ3n) is 3.27. The van der Waals surface area contributed by atoms with Gasteiger partial charge in [0.15, 0.2) is 9.84 Å². The number of carbonyl (C=O) groups excluding carboxylic acids is 1. The molecule has 110 valence electrons. The Labute approximate surface area is 123 Å². The van der Waals surface area contributed by atoms with Gasteiger partial charge in [-0.05, 0) is 48.6 Å². The van der Waals surface area contributed by atoms with Crippen molar-refractivity contribution in [1.29, 1.82) is 0 Å². The molecule has 0 aliphatic heterocycles. The van der Waals surface area contributed by atoms with Crippen molar-refractivity contribution in [3.8, 4) is 0 Å². The number of sulfone groups is 1. The van der Waals surface area contributed by atoms with Crippen molar-refractivity contribution in [1.82, 2.24) is 0 Å². The maximum Gasteiger partial charge on any atom is 0.335 e. The van der Waals surface area contributed by atoms with Crippen molar-refractivity contribution in [3.63, 3.8) is 0 Å². The summed E-state index contributed by atoms with van der Waals surface area (Å²) in [6.45, 7) is 1.98. The lowest BCUT2D eigenvalue weighted by atomic mass is 9.99. The monoisotopic (exact) mass is 314 g/mol. The Morgan fingerprint density at radius 2 is 2.30 bits per heavy atom. The molecule has 0 fully saturated rings. The zero-order chi connectivity index (χ0) is 14.6. The van der Waals surface area contributed by atoms with Crippen LogP contribution < -0.4 is 0 Å². The van der Waals surface area contributed by atoms with Crippen LogP contribution in [0, 0.1) is 0 Å². The molecule has 1 aromatic heterocycles. The second kappa shape index (κ2) is 6.54. The molecule has 0 radical (unpaired) electrons. The Bertz CT molecular complexity index is 585. The minimum absolute atomic E-state index is 0.0160. The molecular weight excluding hydrogens is 296 g/mol. The first-order chi connectivity index (χ1) is 9.54. The van der Waals surface area contributed by atoms with Crippen LogP contribution in [-0.2, 0) is 25.1 Å². The molecule has 2 rings (SSSR count). The Balaban J connectivity index is 2.22. The third-order valence-corrected chi connectivity index (χ3v) is 6.10. The molecule has 0 aromatic carbocycles. The second-order valence-corrected chi connectivity index (χ2v) is 7.70. The highest BCUT2D eigenvalue weighted by molar-refractivity contribution is 7.91. The van der Waals surface area contributed by atoms with E-state index in [0.717, 1.165) is 18.4 Å². The Morgan fingerprint density at radius 1 is 1.50 bits per heavy atom. The van der Waals surface area contributed by atoms with E-state index in [1.54, 1.807) is 19.1 Å². The topological polar surface area (TPSA) is 60.4 Å². The Hall–Kier alpha value is -1.14. The second-order valence-electron chi connectivity index (χ2n) is 4.74. The number of carbonyl (C=O) groups is 1. The molecule has 0 saturated heterocycles. The van der Waals surface area contributed by atoms with Crippen molar-refractivity contribution < 1.29 is 17.9 Å². The van der Waals surface area contributed by atoms with Gasteiger partial charge in [0.05, 0.1) is 23.2 Å². The first-order valence-electron chi connectivity index (χ1n) is 6.64. The highest BCUT2D eigenvalue weighted by atomic mass is 32.2. The fraction of sp³-hybridized carbons (Fsp3) is 0.500. The van der Waals surface area contributed by atoms with Crippen LogP contribution >= 0.6 is 11.3 Å². The number of esters is 1. The van der Waals surface area contributed by atoms with Crippen LogP contribution in [0.1, 0.15) is 31.7 Å². The summed E-state index contributed by atoms with van der Waals surface area (Å²) in [5.41, 5.74) is 1.09. The summed E-state index contributed by atoms with van der Waals surface area (Å²) in [4.78, 5) is 11.9. The van der Waals surface area contributed by atoms with Gasteiger partial charge in [0.25, 0.3) is 0 Å². The lowest BCUT2D eigenvalue weighted by Gasteiger charge is -2.23. The van der Waals surface area contributed by atoms with E-state index >= 15 is 0 Å². The smallest absolute Gasteiger partial charge is 0.335 e. The van der Waals surface area contributed by atoms with E-state index in [1.807, 2.05) is 10.8 Å². The van der Waals surface area contributed by atoms with Crippen LogP contribution in [-0.4, -0.2) is 26.2 Å². The molecule has 1 unspecified atom stereocenters. The number of hydrogen-bond donors (Lipinski definition) is 0. The fourth-order valence-corrected chi connectivity index (χ4v) is 5.08. The Kier molecular flexibility index (Phi) is 4.99. The molecular formula is C14H18O4S2. The largest absolute Gasteiger partial charge is 0.463 e. The summed E-state index contributed by atoms with van der Waals surface area (Å²) in [6, 6.07) is 1.80. The maximum atomic E-state index is 12.5. The first-order valence-corrected chi connectivity index (χ1v) is 9.30. The van der Waals surface area contributed by atoms with Crippen LogP contribution in [0.4, 0.5) is 0 Å². The molecule has 0 bridgehead atoms. The minimum atomic E-state index is -3.38. The average Bonchev–Trinajstić information content (AvgIpc) is 2.91. The molecule has 0 spiro atoms. The quantitative estimate of drug-likeness (QED) is 0.784. The average molecular weight is 314 g/mol. The SMILES string of the molecule is CCOC(=O)C1=CCCCC1S(=O)(=O)Cc1ccsc1. The van der Waals surface area contributed by atoms with E-state index in [1.165, 1.54) is 11.3 Å². The lowest BCUT2D eigenvalue weighted by molar-refractivity contribution is -0.138. The normalized spacial score (nSPS) is 19.4. The molecule has 1 aliphatic rings. The van der Waals surface area contributed by atoms with E-state index in [4.69, 9.17) is 4.74 Å². The molecule has 20 heavy (non-hydrogen) atoms. The van der Waals surface area contributed by atoms with Crippen LogP contribution in [0.2, 0.25) is 0 Å². The highest BCUT2D eigenvalue weighted by Crippen LogP contribution is 2.28. The maximum absolute atomic E-state index is 12.5. The molecule has 0 N–H and O–H groups in total. The summed E-state index contributed by atoms with van der Waals surface area (Å²) in [7, 11) is -3.38. The van der Waals surface area contributed by atoms with E-state index in [-0.39, 0.29) is 12.4 Å². The van der Waals surface area contributed by atoms with E-state index in [2.05, 4.69) is 0 Å². The van der Waals surface area contributed by atoms with Gasteiger partial charge in [-0.3, -0.25) is 0 Å². The zero-order valence-electron chi connectivity index (χ0n) is 11.4. The summed E-state index contributed by atoms with van der Waals surface area (Å²) in [5.74, 6) is -0.510. The summed E-state index contributed by atoms with van der Waals surface area (Å²) >= 11 is 1.47. The van der Waals surface area contributed by atoms with Gasteiger partial charge >= 0.3 is 5.97 Å². The van der Waals surface area contributed by atoms with Gasteiger partial charge in [0.2, 0.25) is 0 Å². The van der Waals surface area contributed by atoms with Gasteiger partial charge in [-0.2, -0.15) is 11.3 Å². The van der Waals surface area contributed by atoms with Gasteiger partial charge in [-0.25, -0.2) is 13.2 Å².